The van der Waals surface area contributed by atoms with E-state index < -0.39 is 22.9 Å². The number of hydrogen-bond acceptors (Lipinski definition) is 0. The van der Waals surface area contributed by atoms with Crippen LogP contribution in [0.4, 0.5) is 0 Å². The van der Waals surface area contributed by atoms with Gasteiger partial charge in [-0.1, -0.05) is 0 Å². The maximum atomic E-state index is 2.49. The number of allylic oxidation sites excluding steroid dienone is 4. The molecule has 28 heavy (non-hydrogen) atoms. The van der Waals surface area contributed by atoms with Gasteiger partial charge in [-0.15, -0.1) is 0 Å². The molecule has 0 N–H and O–H groups in total. The van der Waals surface area contributed by atoms with Gasteiger partial charge in [-0.05, 0) is 0 Å². The van der Waals surface area contributed by atoms with Crippen LogP contribution in [0.1, 0.15) is 75.8 Å². The minimum atomic E-state index is -1.04. The Bertz CT molecular complexity index is 1000. The van der Waals surface area contributed by atoms with Crippen molar-refractivity contribution in [2.45, 2.75) is 72.1 Å². The molecule has 0 aliphatic heterocycles. The van der Waals surface area contributed by atoms with Crippen LogP contribution in [0.25, 0.3) is 11.1 Å². The first-order valence-electron chi connectivity index (χ1n) is 10.5. The fourth-order valence-corrected chi connectivity index (χ4v) is 10.6. The number of fused-ring (bicyclic) bond motifs is 3. The molecule has 0 saturated carbocycles. The summed E-state index contributed by atoms with van der Waals surface area (Å²) in [4.78, 5) is 0. The van der Waals surface area contributed by atoms with Crippen LogP contribution in [0, 0.1) is 6.92 Å². The Kier molecular flexibility index (Phi) is 4.98. The summed E-state index contributed by atoms with van der Waals surface area (Å²) in [6.07, 6.45) is 9.31. The van der Waals surface area contributed by atoms with Gasteiger partial charge in [-0.2, -0.15) is 0 Å². The first kappa shape index (κ1) is 20.1. The van der Waals surface area contributed by atoms with Gasteiger partial charge in [0.2, 0.25) is 0 Å². The molecular weight excluding hydrogens is 503 g/mol. The van der Waals surface area contributed by atoms with Crippen molar-refractivity contribution < 1.29 is 22.9 Å². The molecule has 0 unspecified atom stereocenters. The Balaban J connectivity index is 1.88. The summed E-state index contributed by atoms with van der Waals surface area (Å²) in [7, 11) is 0. The van der Waals surface area contributed by atoms with Gasteiger partial charge < -0.3 is 0 Å². The van der Waals surface area contributed by atoms with Crippen LogP contribution in [0.3, 0.4) is 0 Å². The second-order valence-electron chi connectivity index (χ2n) is 10.5. The molecule has 0 spiro atoms. The summed E-state index contributed by atoms with van der Waals surface area (Å²) in [6.45, 7) is 16.4. The molecule has 0 saturated heterocycles. The van der Waals surface area contributed by atoms with Crippen LogP contribution >= 0.6 is 0 Å². The van der Waals surface area contributed by atoms with Crippen molar-refractivity contribution in [3.05, 3.63) is 73.6 Å². The van der Waals surface area contributed by atoms with Crippen LogP contribution in [0.5, 0.6) is 0 Å². The quantitative estimate of drug-likeness (QED) is 0.320. The molecule has 0 radical (unpaired) electrons. The molecule has 0 nitrogen and oxygen atoms in total. The molecule has 1 heteroatoms. The molecule has 2 aromatic carbocycles. The van der Waals surface area contributed by atoms with Crippen molar-refractivity contribution >= 4 is 3.32 Å². The zero-order valence-corrected chi connectivity index (χ0v) is 22.0. The van der Waals surface area contributed by atoms with Crippen LogP contribution in [0.15, 0.2) is 45.8 Å². The third-order valence-electron chi connectivity index (χ3n) is 6.10. The summed E-state index contributed by atoms with van der Waals surface area (Å²) in [5.41, 5.74) is 11.2. The Hall–Kier alpha value is -1.21. The molecule has 2 aliphatic rings. The van der Waals surface area contributed by atoms with Crippen molar-refractivity contribution in [1.82, 2.24) is 0 Å². The average molecular weight is 535 g/mol. The first-order chi connectivity index (χ1) is 13.1. The zero-order chi connectivity index (χ0) is 20.3. The minimum absolute atomic E-state index is 0.201. The van der Waals surface area contributed by atoms with E-state index >= 15 is 0 Å². The summed E-state index contributed by atoms with van der Waals surface area (Å²) >= 11 is -1.04. The topological polar surface area (TPSA) is 0 Å². The van der Waals surface area contributed by atoms with Crippen LogP contribution in [-0.2, 0) is 40.2 Å². The van der Waals surface area contributed by atoms with Gasteiger partial charge in [-0.3, -0.25) is 0 Å². The number of hydrogen-bond donors (Lipinski definition) is 0. The van der Waals surface area contributed by atoms with E-state index in [2.05, 4.69) is 91.0 Å². The first-order valence-corrected chi connectivity index (χ1v) is 14.1. The Morgan fingerprint density at radius 1 is 0.929 bits per heavy atom. The molecule has 0 amide bonds. The Labute approximate surface area is 182 Å². The molecule has 0 heterocycles. The molecule has 0 atom stereocenters. The molecule has 4 rings (SSSR count). The maximum absolute atomic E-state index is 2.49. The van der Waals surface area contributed by atoms with E-state index in [1.54, 1.807) is 23.3 Å². The third-order valence-corrected chi connectivity index (χ3v) is 11.5. The third kappa shape index (κ3) is 3.56. The van der Waals surface area contributed by atoms with E-state index in [9.17, 15) is 0 Å². The fraction of sp³-hybridized carbons (Fsp3) is 0.407. The number of rotatable bonds is 2. The van der Waals surface area contributed by atoms with Gasteiger partial charge >= 0.3 is 183 Å². The molecule has 2 aromatic rings. The molecule has 0 fully saturated rings. The van der Waals surface area contributed by atoms with Crippen LogP contribution < -0.4 is 3.32 Å². The summed E-state index contributed by atoms with van der Waals surface area (Å²) < 4.78 is 3.51. The molecule has 0 aromatic heterocycles. The number of aryl methyl sites for hydroxylation is 1. The van der Waals surface area contributed by atoms with Crippen LogP contribution in [-0.4, -0.2) is 0 Å². The van der Waals surface area contributed by atoms with E-state index in [4.69, 9.17) is 0 Å². The normalized spacial score (nSPS) is 15.5. The Morgan fingerprint density at radius 2 is 1.68 bits per heavy atom. The van der Waals surface area contributed by atoms with Crippen molar-refractivity contribution in [1.29, 1.82) is 0 Å². The van der Waals surface area contributed by atoms with Gasteiger partial charge in [0, 0.05) is 0 Å². The fourth-order valence-electron chi connectivity index (χ4n) is 4.54. The van der Waals surface area contributed by atoms with Gasteiger partial charge in [0.1, 0.15) is 0 Å². The van der Waals surface area contributed by atoms with E-state index in [1.807, 2.05) is 0 Å². The average Bonchev–Trinajstić information content (AvgIpc) is 3.20. The van der Waals surface area contributed by atoms with E-state index in [0.717, 1.165) is 6.42 Å². The molecule has 144 valence electrons. The monoisotopic (exact) mass is 536 g/mol. The summed E-state index contributed by atoms with van der Waals surface area (Å²) in [5.74, 6) is 0. The second kappa shape index (κ2) is 6.94. The number of benzene rings is 2. The SMILES string of the molecule is Cc1cc(C(C)(C)C)cc2c1-c1ccc(C(C)(C)C)[c]([Hf][C]3=CC=CC3)c1C2. The van der Waals surface area contributed by atoms with E-state index in [-0.39, 0.29) is 10.8 Å². The molecule has 2 aliphatic carbocycles. The van der Waals surface area contributed by atoms with Crippen molar-refractivity contribution in [3.63, 3.8) is 0 Å². The predicted octanol–water partition coefficient (Wildman–Crippen LogP) is 6.71. The molecular formula is C27H32Hf. The van der Waals surface area contributed by atoms with Gasteiger partial charge in [0.15, 0.2) is 0 Å². The van der Waals surface area contributed by atoms with Crippen molar-refractivity contribution in [3.8, 4) is 11.1 Å². The van der Waals surface area contributed by atoms with E-state index in [1.165, 1.54) is 28.7 Å². The van der Waals surface area contributed by atoms with Gasteiger partial charge in [0.25, 0.3) is 0 Å². The van der Waals surface area contributed by atoms with Gasteiger partial charge in [0.05, 0.1) is 0 Å². The second-order valence-corrected chi connectivity index (χ2v) is 15.5. The summed E-state index contributed by atoms with van der Waals surface area (Å²) in [5, 5.41) is 0. The molecule has 0 bridgehead atoms. The predicted molar refractivity (Wildman–Crippen MR) is 118 cm³/mol. The summed E-state index contributed by atoms with van der Waals surface area (Å²) in [6, 6.07) is 9.81. The zero-order valence-electron chi connectivity index (χ0n) is 18.5. The van der Waals surface area contributed by atoms with Crippen LogP contribution in [0.2, 0.25) is 0 Å². The van der Waals surface area contributed by atoms with E-state index in [0.29, 0.717) is 0 Å². The van der Waals surface area contributed by atoms with Gasteiger partial charge in [-0.25, -0.2) is 0 Å². The van der Waals surface area contributed by atoms with Crippen molar-refractivity contribution in [2.24, 2.45) is 0 Å². The Morgan fingerprint density at radius 3 is 2.29 bits per heavy atom. The van der Waals surface area contributed by atoms with Crippen molar-refractivity contribution in [2.75, 3.05) is 0 Å². The standard InChI is InChI=1S/C22H27.C5H5.Hf/c1-14-10-18(22(5,6)7)13-16-11-15-12-17(21(2,3)4)8-9-19(15)20(14)16;1-2-4-5-3-1;/h8-10,13H,11H2,1-7H3;1-3H,4H2;.